The number of halogens is 2. The highest BCUT2D eigenvalue weighted by atomic mass is 32.2. The quantitative estimate of drug-likeness (QED) is 0.310. The van der Waals surface area contributed by atoms with Crippen molar-refractivity contribution in [2.24, 2.45) is 0 Å². The molecule has 0 atom stereocenters. The van der Waals surface area contributed by atoms with Crippen molar-refractivity contribution in [1.82, 2.24) is 9.71 Å². The van der Waals surface area contributed by atoms with Gasteiger partial charge in [-0.2, -0.15) is 8.42 Å². The molecule has 0 unspecified atom stereocenters. The van der Waals surface area contributed by atoms with Gasteiger partial charge in [0.25, 0.3) is 0 Å². The lowest BCUT2D eigenvalue weighted by Crippen LogP contribution is -2.38. The fraction of sp³-hybridized carbons (Fsp3) is 0.0870. The highest BCUT2D eigenvalue weighted by Crippen LogP contribution is 2.32. The van der Waals surface area contributed by atoms with Crippen LogP contribution in [0, 0.1) is 18.6 Å². The van der Waals surface area contributed by atoms with E-state index in [1.165, 1.54) is 19.2 Å². The first-order chi connectivity index (χ1) is 16.1. The fourth-order valence-corrected chi connectivity index (χ4v) is 4.12. The third-order valence-electron chi connectivity index (χ3n) is 4.95. The number of fused-ring (bicyclic) bond motifs is 1. The Kier molecular flexibility index (Phi) is 6.12. The lowest BCUT2D eigenvalue weighted by Gasteiger charge is -2.14. The summed E-state index contributed by atoms with van der Waals surface area (Å²) in [5, 5.41) is 2.88. The SMILES string of the molecule is COc1ccc(-c2cc3cc(F)c(F)cc3[nH]2)cc1NS(=O)(=O)NC(=O)Nc1ccc(C)cc1. The third-order valence-corrected chi connectivity index (χ3v) is 5.90. The van der Waals surface area contributed by atoms with Crippen molar-refractivity contribution >= 4 is 38.5 Å². The maximum atomic E-state index is 13.5. The lowest BCUT2D eigenvalue weighted by atomic mass is 10.1. The number of rotatable bonds is 6. The molecule has 11 heteroatoms. The Morgan fingerprint density at radius 1 is 0.971 bits per heavy atom. The molecule has 0 spiro atoms. The van der Waals surface area contributed by atoms with E-state index in [9.17, 15) is 22.0 Å². The molecule has 1 aromatic heterocycles. The van der Waals surface area contributed by atoms with E-state index in [1.54, 1.807) is 36.4 Å². The third kappa shape index (κ3) is 5.09. The zero-order valence-electron chi connectivity index (χ0n) is 18.1. The minimum atomic E-state index is -4.33. The van der Waals surface area contributed by atoms with Gasteiger partial charge in [0, 0.05) is 33.9 Å². The molecule has 0 saturated carbocycles. The van der Waals surface area contributed by atoms with Crippen LogP contribution in [0.25, 0.3) is 22.2 Å². The van der Waals surface area contributed by atoms with E-state index in [-0.39, 0.29) is 11.4 Å². The van der Waals surface area contributed by atoms with Crippen molar-refractivity contribution in [2.45, 2.75) is 6.92 Å². The number of nitrogens with one attached hydrogen (secondary N) is 4. The number of urea groups is 1. The highest BCUT2D eigenvalue weighted by molar-refractivity contribution is 7.91. The summed E-state index contributed by atoms with van der Waals surface area (Å²) in [6.07, 6.45) is 0. The zero-order chi connectivity index (χ0) is 24.5. The van der Waals surface area contributed by atoms with Crippen molar-refractivity contribution in [3.05, 3.63) is 77.9 Å². The first kappa shape index (κ1) is 23.1. The molecule has 0 fully saturated rings. The zero-order valence-corrected chi connectivity index (χ0v) is 18.9. The van der Waals surface area contributed by atoms with Crippen LogP contribution in [0.4, 0.5) is 25.0 Å². The number of carbonyl (C=O) groups is 1. The van der Waals surface area contributed by atoms with Gasteiger partial charge in [0.05, 0.1) is 12.8 Å². The second kappa shape index (κ2) is 9.02. The Balaban J connectivity index is 1.56. The van der Waals surface area contributed by atoms with Crippen molar-refractivity contribution in [3.63, 3.8) is 0 Å². The molecule has 2 amide bonds. The molecule has 0 aliphatic heterocycles. The van der Waals surface area contributed by atoms with Gasteiger partial charge in [-0.1, -0.05) is 17.7 Å². The summed E-state index contributed by atoms with van der Waals surface area (Å²) in [7, 11) is -2.97. The second-order valence-corrected chi connectivity index (χ2v) is 8.89. The Labute approximate surface area is 194 Å². The molecule has 0 bridgehead atoms. The van der Waals surface area contributed by atoms with Crippen LogP contribution in [0.15, 0.2) is 60.7 Å². The summed E-state index contributed by atoms with van der Waals surface area (Å²) in [6.45, 7) is 1.88. The number of aromatic amines is 1. The predicted octanol–water partition coefficient (Wildman–Crippen LogP) is 4.91. The van der Waals surface area contributed by atoms with Gasteiger partial charge in [-0.05, 0) is 49.4 Å². The lowest BCUT2D eigenvalue weighted by molar-refractivity contribution is 0.256. The minimum absolute atomic E-state index is 0.0478. The molecule has 34 heavy (non-hydrogen) atoms. The number of anilines is 2. The van der Waals surface area contributed by atoms with Crippen LogP contribution in [-0.2, 0) is 10.2 Å². The molecule has 0 radical (unpaired) electrons. The summed E-state index contributed by atoms with van der Waals surface area (Å²) in [5.74, 6) is -1.77. The van der Waals surface area contributed by atoms with Gasteiger partial charge in [0.15, 0.2) is 11.6 Å². The summed E-state index contributed by atoms with van der Waals surface area (Å²) < 4.78 is 61.6. The fourth-order valence-electron chi connectivity index (χ4n) is 3.32. The average molecular weight is 487 g/mol. The van der Waals surface area contributed by atoms with Gasteiger partial charge in [0.2, 0.25) is 0 Å². The maximum Gasteiger partial charge on any atom is 0.334 e. The number of H-pyrrole nitrogens is 1. The summed E-state index contributed by atoms with van der Waals surface area (Å²) >= 11 is 0. The Hall–Kier alpha value is -4.12. The van der Waals surface area contributed by atoms with Crippen LogP contribution in [0.5, 0.6) is 5.75 Å². The number of carbonyl (C=O) groups excluding carboxylic acids is 1. The van der Waals surface area contributed by atoms with E-state index >= 15 is 0 Å². The Morgan fingerprint density at radius 3 is 2.38 bits per heavy atom. The Morgan fingerprint density at radius 2 is 1.68 bits per heavy atom. The number of hydrogen-bond acceptors (Lipinski definition) is 4. The smallest absolute Gasteiger partial charge is 0.334 e. The summed E-state index contributed by atoms with van der Waals surface area (Å²) in [6, 6.07) is 14.2. The number of aryl methyl sites for hydroxylation is 1. The predicted molar refractivity (Wildman–Crippen MR) is 126 cm³/mol. The van der Waals surface area contributed by atoms with E-state index in [0.717, 1.165) is 17.7 Å². The molecule has 4 rings (SSSR count). The van der Waals surface area contributed by atoms with Gasteiger partial charge in [-0.3, -0.25) is 4.72 Å². The Bertz CT molecular complexity index is 1450. The largest absolute Gasteiger partial charge is 0.495 e. The van der Waals surface area contributed by atoms with Crippen molar-refractivity contribution in [1.29, 1.82) is 0 Å². The summed E-state index contributed by atoms with van der Waals surface area (Å²) in [4.78, 5) is 15.1. The van der Waals surface area contributed by atoms with Crippen molar-refractivity contribution in [3.8, 4) is 17.0 Å². The number of hydrogen-bond donors (Lipinski definition) is 4. The number of benzene rings is 3. The molecule has 4 N–H and O–H groups in total. The van der Waals surface area contributed by atoms with Gasteiger partial charge in [0.1, 0.15) is 5.75 Å². The van der Waals surface area contributed by atoms with Crippen LogP contribution in [0.1, 0.15) is 5.56 Å². The average Bonchev–Trinajstić information content (AvgIpc) is 3.17. The molecule has 1 heterocycles. The van der Waals surface area contributed by atoms with Crippen LogP contribution >= 0.6 is 0 Å². The monoisotopic (exact) mass is 486 g/mol. The van der Waals surface area contributed by atoms with Gasteiger partial charge in [-0.25, -0.2) is 18.3 Å². The van der Waals surface area contributed by atoms with Crippen LogP contribution in [0.2, 0.25) is 0 Å². The first-order valence-electron chi connectivity index (χ1n) is 9.98. The molecular weight excluding hydrogens is 466 g/mol. The van der Waals surface area contributed by atoms with Crippen molar-refractivity contribution in [2.75, 3.05) is 17.1 Å². The second-order valence-electron chi connectivity index (χ2n) is 7.48. The molecule has 3 aromatic carbocycles. The number of aromatic nitrogens is 1. The van der Waals surface area contributed by atoms with E-state index in [4.69, 9.17) is 4.74 Å². The minimum Gasteiger partial charge on any atom is -0.495 e. The van der Waals surface area contributed by atoms with E-state index < -0.39 is 27.9 Å². The molecule has 176 valence electrons. The van der Waals surface area contributed by atoms with Crippen LogP contribution in [0.3, 0.4) is 0 Å². The van der Waals surface area contributed by atoms with E-state index in [2.05, 4.69) is 15.0 Å². The number of amides is 2. The summed E-state index contributed by atoms with van der Waals surface area (Å²) in [5.41, 5.74) is 2.84. The standard InChI is InChI=1S/C23H20F2N4O4S/c1-13-3-6-16(7-4-13)26-23(30)29-34(31,32)28-21-10-14(5-8-22(21)33-2)19-11-15-9-17(24)18(25)12-20(15)27-19/h3-12,27-28H,1-2H3,(H2,26,29,30). The topological polar surface area (TPSA) is 112 Å². The first-order valence-corrected chi connectivity index (χ1v) is 11.5. The molecule has 0 aliphatic carbocycles. The van der Waals surface area contributed by atoms with E-state index in [0.29, 0.717) is 27.8 Å². The van der Waals surface area contributed by atoms with Crippen LogP contribution in [-0.4, -0.2) is 26.5 Å². The van der Waals surface area contributed by atoms with Gasteiger partial charge >= 0.3 is 16.2 Å². The molecule has 8 nitrogen and oxygen atoms in total. The van der Waals surface area contributed by atoms with E-state index in [1.807, 2.05) is 11.6 Å². The molecule has 4 aromatic rings. The normalized spacial score (nSPS) is 11.3. The number of methoxy groups -OCH3 is 1. The molecular formula is C23H20F2N4O4S. The van der Waals surface area contributed by atoms with Crippen molar-refractivity contribution < 1.29 is 26.7 Å². The number of ether oxygens (including phenoxy) is 1. The molecule has 0 saturated heterocycles. The van der Waals surface area contributed by atoms with Crippen LogP contribution < -0.4 is 19.5 Å². The van der Waals surface area contributed by atoms with Gasteiger partial charge < -0.3 is 15.0 Å². The highest BCUT2D eigenvalue weighted by Gasteiger charge is 2.18. The molecule has 0 aliphatic rings. The maximum absolute atomic E-state index is 13.5. The van der Waals surface area contributed by atoms with Gasteiger partial charge in [-0.15, -0.1) is 0 Å².